The monoisotopic (exact) mass is 349 g/mol. The fourth-order valence-electron chi connectivity index (χ4n) is 2.74. The summed E-state index contributed by atoms with van der Waals surface area (Å²) < 4.78 is 1.83. The second-order valence-electron chi connectivity index (χ2n) is 6.46. The van der Waals surface area contributed by atoms with Gasteiger partial charge in [0, 0.05) is 11.6 Å². The molecule has 2 N–H and O–H groups in total. The summed E-state index contributed by atoms with van der Waals surface area (Å²) in [5, 5.41) is 13.8. The maximum Gasteiger partial charge on any atom is 0.251 e. The predicted octanol–water partition coefficient (Wildman–Crippen LogP) is 1.49. The first-order chi connectivity index (χ1) is 12.7. The van der Waals surface area contributed by atoms with Crippen LogP contribution in [0.4, 0.5) is 0 Å². The standard InChI is InChI=1S/C19H19N5O2/c25-18(21-15-9-10-15)11-20-19(26)14-7-5-13(6-8-14)12-24-17-4-2-1-3-16(17)22-23-24/h1-8,15H,9-12H2,(H,20,26)(H,21,25). The Labute approximate surface area is 150 Å². The summed E-state index contributed by atoms with van der Waals surface area (Å²) in [7, 11) is 0. The number of amides is 2. The lowest BCUT2D eigenvalue weighted by atomic mass is 10.1. The van der Waals surface area contributed by atoms with E-state index in [1.807, 2.05) is 41.1 Å². The first-order valence-corrected chi connectivity index (χ1v) is 8.64. The van der Waals surface area contributed by atoms with Crippen LogP contribution in [0.5, 0.6) is 0 Å². The SMILES string of the molecule is O=C(CNC(=O)c1ccc(Cn2nnc3ccccc32)cc1)NC1CC1. The lowest BCUT2D eigenvalue weighted by Gasteiger charge is -2.07. The van der Waals surface area contributed by atoms with Gasteiger partial charge in [-0.15, -0.1) is 5.10 Å². The second-order valence-corrected chi connectivity index (χ2v) is 6.46. The highest BCUT2D eigenvalue weighted by Crippen LogP contribution is 2.18. The maximum atomic E-state index is 12.1. The van der Waals surface area contributed by atoms with Gasteiger partial charge in [0.25, 0.3) is 5.91 Å². The summed E-state index contributed by atoms with van der Waals surface area (Å²) in [6.45, 7) is 0.578. The molecule has 2 amide bonds. The number of nitrogens with one attached hydrogen (secondary N) is 2. The van der Waals surface area contributed by atoms with Crippen LogP contribution in [0.3, 0.4) is 0 Å². The lowest BCUT2D eigenvalue weighted by Crippen LogP contribution is -2.37. The lowest BCUT2D eigenvalue weighted by molar-refractivity contribution is -0.120. The van der Waals surface area contributed by atoms with Crippen LogP contribution in [0.25, 0.3) is 11.0 Å². The zero-order valence-electron chi connectivity index (χ0n) is 14.2. The number of carbonyl (C=O) groups is 2. The van der Waals surface area contributed by atoms with Gasteiger partial charge in [0.05, 0.1) is 18.6 Å². The van der Waals surface area contributed by atoms with Crippen LogP contribution in [0.2, 0.25) is 0 Å². The number of rotatable bonds is 6. The molecule has 0 aliphatic heterocycles. The molecule has 26 heavy (non-hydrogen) atoms. The van der Waals surface area contributed by atoms with E-state index in [9.17, 15) is 9.59 Å². The molecule has 1 aliphatic carbocycles. The van der Waals surface area contributed by atoms with Crippen molar-refractivity contribution in [3.8, 4) is 0 Å². The van der Waals surface area contributed by atoms with Gasteiger partial charge < -0.3 is 10.6 Å². The van der Waals surface area contributed by atoms with E-state index in [0.717, 1.165) is 29.4 Å². The second kappa shape index (κ2) is 6.95. The van der Waals surface area contributed by atoms with E-state index in [-0.39, 0.29) is 18.4 Å². The van der Waals surface area contributed by atoms with Gasteiger partial charge in [-0.05, 0) is 42.7 Å². The van der Waals surface area contributed by atoms with Crippen molar-refractivity contribution < 1.29 is 9.59 Å². The molecule has 3 aromatic rings. The number of nitrogens with zero attached hydrogens (tertiary/aromatic N) is 3. The van der Waals surface area contributed by atoms with E-state index < -0.39 is 0 Å². The predicted molar refractivity (Wildman–Crippen MR) is 96.6 cm³/mol. The molecule has 1 heterocycles. The summed E-state index contributed by atoms with van der Waals surface area (Å²) in [6, 6.07) is 15.4. The molecule has 2 aromatic carbocycles. The van der Waals surface area contributed by atoms with Crippen LogP contribution < -0.4 is 10.6 Å². The Hall–Kier alpha value is -3.22. The minimum atomic E-state index is -0.256. The third-order valence-corrected chi connectivity index (χ3v) is 4.32. The molecule has 4 rings (SSSR count). The fourth-order valence-corrected chi connectivity index (χ4v) is 2.74. The minimum Gasteiger partial charge on any atom is -0.352 e. The molecule has 1 fully saturated rings. The topological polar surface area (TPSA) is 88.9 Å². The summed E-state index contributed by atoms with van der Waals surface area (Å²) in [4.78, 5) is 23.8. The van der Waals surface area contributed by atoms with Crippen molar-refractivity contribution in [1.29, 1.82) is 0 Å². The van der Waals surface area contributed by atoms with E-state index in [1.165, 1.54) is 0 Å². The average molecular weight is 349 g/mol. The zero-order valence-corrected chi connectivity index (χ0v) is 14.2. The fraction of sp³-hybridized carbons (Fsp3) is 0.263. The molecular weight excluding hydrogens is 330 g/mol. The number of para-hydroxylation sites is 1. The van der Waals surface area contributed by atoms with Gasteiger partial charge in [-0.1, -0.05) is 29.5 Å². The van der Waals surface area contributed by atoms with Crippen LogP contribution in [0.15, 0.2) is 48.5 Å². The van der Waals surface area contributed by atoms with Crippen molar-refractivity contribution in [3.05, 3.63) is 59.7 Å². The highest BCUT2D eigenvalue weighted by molar-refractivity contribution is 5.96. The Kier molecular flexibility index (Phi) is 4.35. The number of carbonyl (C=O) groups excluding carboxylic acids is 2. The molecule has 0 saturated heterocycles. The Balaban J connectivity index is 1.36. The molecule has 1 aliphatic rings. The number of hydrogen-bond donors (Lipinski definition) is 2. The number of aromatic nitrogens is 3. The molecule has 0 bridgehead atoms. The van der Waals surface area contributed by atoms with Gasteiger partial charge in [-0.2, -0.15) is 0 Å². The molecule has 1 aromatic heterocycles. The van der Waals surface area contributed by atoms with Crippen molar-refractivity contribution in [2.45, 2.75) is 25.4 Å². The van der Waals surface area contributed by atoms with E-state index in [0.29, 0.717) is 18.2 Å². The van der Waals surface area contributed by atoms with Crippen molar-refractivity contribution >= 4 is 22.8 Å². The number of hydrogen-bond acceptors (Lipinski definition) is 4. The molecule has 7 nitrogen and oxygen atoms in total. The van der Waals surface area contributed by atoms with Gasteiger partial charge in [0.15, 0.2) is 0 Å². The Morgan fingerprint density at radius 1 is 1.08 bits per heavy atom. The normalized spacial score (nSPS) is 13.5. The molecule has 0 radical (unpaired) electrons. The Morgan fingerprint density at radius 3 is 2.62 bits per heavy atom. The van der Waals surface area contributed by atoms with E-state index in [4.69, 9.17) is 0 Å². The Morgan fingerprint density at radius 2 is 1.85 bits per heavy atom. The first kappa shape index (κ1) is 16.3. The van der Waals surface area contributed by atoms with Crippen LogP contribution in [0.1, 0.15) is 28.8 Å². The van der Waals surface area contributed by atoms with Gasteiger partial charge in [0.1, 0.15) is 5.52 Å². The van der Waals surface area contributed by atoms with Crippen molar-refractivity contribution in [3.63, 3.8) is 0 Å². The van der Waals surface area contributed by atoms with Gasteiger partial charge in [0.2, 0.25) is 5.91 Å². The number of fused-ring (bicyclic) bond motifs is 1. The van der Waals surface area contributed by atoms with Crippen molar-refractivity contribution in [2.75, 3.05) is 6.54 Å². The van der Waals surface area contributed by atoms with Crippen LogP contribution >= 0.6 is 0 Å². The first-order valence-electron chi connectivity index (χ1n) is 8.64. The third kappa shape index (κ3) is 3.72. The van der Waals surface area contributed by atoms with Crippen molar-refractivity contribution in [2.24, 2.45) is 0 Å². The van der Waals surface area contributed by atoms with E-state index >= 15 is 0 Å². The van der Waals surface area contributed by atoms with Crippen LogP contribution in [-0.4, -0.2) is 39.4 Å². The quantitative estimate of drug-likeness (QED) is 0.706. The van der Waals surface area contributed by atoms with Gasteiger partial charge in [-0.3, -0.25) is 9.59 Å². The Bertz CT molecular complexity index is 944. The van der Waals surface area contributed by atoms with Gasteiger partial charge in [-0.25, -0.2) is 4.68 Å². The zero-order chi connectivity index (χ0) is 17.9. The largest absolute Gasteiger partial charge is 0.352 e. The minimum absolute atomic E-state index is 0.00201. The average Bonchev–Trinajstić information content (AvgIpc) is 3.39. The third-order valence-electron chi connectivity index (χ3n) is 4.32. The molecule has 7 heteroatoms. The van der Waals surface area contributed by atoms with Crippen molar-refractivity contribution in [1.82, 2.24) is 25.6 Å². The van der Waals surface area contributed by atoms with E-state index in [1.54, 1.807) is 12.1 Å². The summed E-state index contributed by atoms with van der Waals surface area (Å²) >= 11 is 0. The molecule has 132 valence electrons. The smallest absolute Gasteiger partial charge is 0.251 e. The molecule has 1 saturated carbocycles. The summed E-state index contributed by atoms with van der Waals surface area (Å²) in [5.74, 6) is -0.399. The molecule has 0 atom stereocenters. The molecular formula is C19H19N5O2. The highest BCUT2D eigenvalue weighted by Gasteiger charge is 2.23. The van der Waals surface area contributed by atoms with Crippen LogP contribution in [0, 0.1) is 0 Å². The van der Waals surface area contributed by atoms with E-state index in [2.05, 4.69) is 20.9 Å². The van der Waals surface area contributed by atoms with Gasteiger partial charge >= 0.3 is 0 Å². The highest BCUT2D eigenvalue weighted by atomic mass is 16.2. The molecule has 0 unspecified atom stereocenters. The number of benzene rings is 2. The summed E-state index contributed by atoms with van der Waals surface area (Å²) in [6.07, 6.45) is 2.06. The summed E-state index contributed by atoms with van der Waals surface area (Å²) in [5.41, 5.74) is 3.36. The molecule has 0 spiro atoms. The maximum absolute atomic E-state index is 12.1. The van der Waals surface area contributed by atoms with Crippen LogP contribution in [-0.2, 0) is 11.3 Å².